The number of hydrogen-bond acceptors (Lipinski definition) is 3. The van der Waals surface area contributed by atoms with E-state index in [0.29, 0.717) is 31.5 Å². The molecule has 0 amide bonds. The highest BCUT2D eigenvalue weighted by Crippen LogP contribution is 2.32. The van der Waals surface area contributed by atoms with Gasteiger partial charge in [-0.1, -0.05) is 44.2 Å². The summed E-state index contributed by atoms with van der Waals surface area (Å²) in [5, 5.41) is 3.40. The van der Waals surface area contributed by atoms with Crippen LogP contribution in [0.2, 0.25) is 0 Å². The second-order valence-corrected chi connectivity index (χ2v) is 9.29. The highest BCUT2D eigenvalue weighted by molar-refractivity contribution is 14.0. The molecule has 0 radical (unpaired) electrons. The summed E-state index contributed by atoms with van der Waals surface area (Å²) in [6.45, 7) is 7.89. The lowest BCUT2D eigenvalue weighted by Crippen LogP contribution is -2.48. The van der Waals surface area contributed by atoms with Gasteiger partial charge >= 0.3 is 0 Å². The van der Waals surface area contributed by atoms with Gasteiger partial charge in [0, 0.05) is 39.8 Å². The fourth-order valence-electron chi connectivity index (χ4n) is 3.88. The number of sulfonamides is 1. The summed E-state index contributed by atoms with van der Waals surface area (Å²) in [5.41, 5.74) is 1.42. The Hall–Kier alpha value is -0.870. The first-order valence-corrected chi connectivity index (χ1v) is 11.7. The quantitative estimate of drug-likeness (QED) is 0.259. The normalized spacial score (nSPS) is 20.8. The van der Waals surface area contributed by atoms with Crippen LogP contribution in [-0.4, -0.2) is 69.6 Å². The molecule has 1 aliphatic rings. The minimum atomic E-state index is -3.12. The van der Waals surface area contributed by atoms with Gasteiger partial charge in [-0.3, -0.25) is 4.99 Å². The minimum Gasteiger partial charge on any atom is -0.356 e. The Kier molecular flexibility index (Phi) is 10.8. The standard InChI is InChI=1S/C20H34N4O2S.HI/c1-5-24(27(4,25)26)14-9-13-22-20(21-3)23-15-12-19(17(2)16-23)18-10-7-6-8-11-18;/h6-8,10-11,17,19H,5,9,12-16H2,1-4H3,(H,21,22);1H. The first-order chi connectivity index (χ1) is 12.9. The van der Waals surface area contributed by atoms with Gasteiger partial charge < -0.3 is 10.2 Å². The van der Waals surface area contributed by atoms with Crippen LogP contribution in [-0.2, 0) is 10.0 Å². The number of piperidine rings is 1. The number of halogens is 1. The van der Waals surface area contributed by atoms with Crippen molar-refractivity contribution in [2.24, 2.45) is 10.9 Å². The highest BCUT2D eigenvalue weighted by Gasteiger charge is 2.28. The van der Waals surface area contributed by atoms with Crippen LogP contribution in [0.3, 0.4) is 0 Å². The Morgan fingerprint density at radius 1 is 1.32 bits per heavy atom. The van der Waals surface area contributed by atoms with Gasteiger partial charge in [-0.2, -0.15) is 0 Å². The molecule has 1 aliphatic heterocycles. The zero-order valence-electron chi connectivity index (χ0n) is 17.5. The van der Waals surface area contributed by atoms with Crippen molar-refractivity contribution in [3.63, 3.8) is 0 Å². The molecule has 0 aromatic heterocycles. The Balaban J connectivity index is 0.00000392. The van der Waals surface area contributed by atoms with E-state index in [1.54, 1.807) is 0 Å². The van der Waals surface area contributed by atoms with Crippen LogP contribution >= 0.6 is 24.0 Å². The maximum atomic E-state index is 11.7. The number of benzene rings is 1. The molecule has 1 aromatic rings. The van der Waals surface area contributed by atoms with Crippen molar-refractivity contribution in [3.8, 4) is 0 Å². The first-order valence-electron chi connectivity index (χ1n) is 9.82. The van der Waals surface area contributed by atoms with Gasteiger partial charge in [0.15, 0.2) is 5.96 Å². The van der Waals surface area contributed by atoms with E-state index < -0.39 is 10.0 Å². The summed E-state index contributed by atoms with van der Waals surface area (Å²) in [7, 11) is -1.31. The average molecular weight is 522 g/mol. The van der Waals surface area contributed by atoms with Gasteiger partial charge in [0.2, 0.25) is 10.0 Å². The minimum absolute atomic E-state index is 0. The van der Waals surface area contributed by atoms with E-state index in [1.807, 2.05) is 14.0 Å². The highest BCUT2D eigenvalue weighted by atomic mass is 127. The van der Waals surface area contributed by atoms with Crippen molar-refractivity contribution >= 4 is 40.0 Å². The summed E-state index contributed by atoms with van der Waals surface area (Å²) in [5.74, 6) is 2.06. The van der Waals surface area contributed by atoms with E-state index in [0.717, 1.165) is 31.9 Å². The van der Waals surface area contributed by atoms with Crippen LogP contribution < -0.4 is 5.32 Å². The third kappa shape index (κ3) is 7.18. The molecular formula is C20H35IN4O2S. The van der Waals surface area contributed by atoms with Crippen LogP contribution in [0.25, 0.3) is 0 Å². The van der Waals surface area contributed by atoms with E-state index in [9.17, 15) is 8.42 Å². The summed E-state index contributed by atoms with van der Waals surface area (Å²) >= 11 is 0. The molecule has 2 atom stereocenters. The molecule has 0 spiro atoms. The number of aliphatic imine (C=N–C) groups is 1. The topological polar surface area (TPSA) is 65.0 Å². The molecule has 2 unspecified atom stereocenters. The number of guanidine groups is 1. The van der Waals surface area contributed by atoms with Gasteiger partial charge in [0.25, 0.3) is 0 Å². The Bertz CT molecular complexity index is 712. The number of rotatable bonds is 7. The molecule has 0 bridgehead atoms. The van der Waals surface area contributed by atoms with Crippen molar-refractivity contribution in [2.45, 2.75) is 32.6 Å². The third-order valence-electron chi connectivity index (χ3n) is 5.33. The van der Waals surface area contributed by atoms with Crippen molar-refractivity contribution in [2.75, 3.05) is 46.0 Å². The molecule has 8 heteroatoms. The van der Waals surface area contributed by atoms with Crippen molar-refractivity contribution in [3.05, 3.63) is 35.9 Å². The average Bonchev–Trinajstić information content (AvgIpc) is 2.64. The molecule has 1 aromatic carbocycles. The Labute approximate surface area is 187 Å². The summed E-state index contributed by atoms with van der Waals surface area (Å²) in [6.07, 6.45) is 3.14. The maximum absolute atomic E-state index is 11.7. The van der Waals surface area contributed by atoms with E-state index in [2.05, 4.69) is 52.5 Å². The van der Waals surface area contributed by atoms with E-state index in [4.69, 9.17) is 0 Å². The van der Waals surface area contributed by atoms with Crippen molar-refractivity contribution in [1.82, 2.24) is 14.5 Å². The van der Waals surface area contributed by atoms with Crippen LogP contribution in [0.1, 0.15) is 38.2 Å². The van der Waals surface area contributed by atoms with E-state index in [-0.39, 0.29) is 24.0 Å². The molecule has 1 N–H and O–H groups in total. The molecule has 6 nitrogen and oxygen atoms in total. The third-order valence-corrected chi connectivity index (χ3v) is 6.71. The van der Waals surface area contributed by atoms with Gasteiger partial charge in [-0.25, -0.2) is 12.7 Å². The molecule has 2 rings (SSSR count). The first kappa shape index (κ1) is 25.2. The molecule has 0 saturated carbocycles. The van der Waals surface area contributed by atoms with Gasteiger partial charge in [0.05, 0.1) is 6.26 Å². The SMILES string of the molecule is CCN(CCCNC(=NC)N1CCC(c2ccccc2)C(C)C1)S(C)(=O)=O.I. The molecule has 0 aliphatic carbocycles. The molecule has 28 heavy (non-hydrogen) atoms. The van der Waals surface area contributed by atoms with Gasteiger partial charge in [0.1, 0.15) is 0 Å². The summed E-state index contributed by atoms with van der Waals surface area (Å²) < 4.78 is 24.8. The van der Waals surface area contributed by atoms with Crippen LogP contribution in [0, 0.1) is 5.92 Å². The van der Waals surface area contributed by atoms with Crippen molar-refractivity contribution in [1.29, 1.82) is 0 Å². The number of hydrogen-bond donors (Lipinski definition) is 1. The van der Waals surface area contributed by atoms with E-state index >= 15 is 0 Å². The van der Waals surface area contributed by atoms with Crippen molar-refractivity contribution < 1.29 is 8.42 Å². The lowest BCUT2D eigenvalue weighted by molar-refractivity contribution is 0.234. The lowest BCUT2D eigenvalue weighted by atomic mass is 9.82. The Morgan fingerprint density at radius 2 is 2.00 bits per heavy atom. The van der Waals surface area contributed by atoms with E-state index in [1.165, 1.54) is 16.1 Å². The predicted octanol–water partition coefficient (Wildman–Crippen LogP) is 2.98. The second kappa shape index (κ2) is 12.0. The summed E-state index contributed by atoms with van der Waals surface area (Å²) in [6, 6.07) is 10.8. The van der Waals surface area contributed by atoms with Crippen LogP contribution in [0.5, 0.6) is 0 Å². The largest absolute Gasteiger partial charge is 0.356 e. The monoisotopic (exact) mass is 522 g/mol. The fraction of sp³-hybridized carbons (Fsp3) is 0.650. The zero-order chi connectivity index (χ0) is 19.9. The van der Waals surface area contributed by atoms with Crippen LogP contribution in [0.15, 0.2) is 35.3 Å². The fourth-order valence-corrected chi connectivity index (χ4v) is 4.81. The van der Waals surface area contributed by atoms with Gasteiger partial charge in [-0.05, 0) is 30.2 Å². The maximum Gasteiger partial charge on any atom is 0.211 e. The van der Waals surface area contributed by atoms with Gasteiger partial charge in [-0.15, -0.1) is 24.0 Å². The molecular weight excluding hydrogens is 487 g/mol. The zero-order valence-corrected chi connectivity index (χ0v) is 20.6. The second-order valence-electron chi connectivity index (χ2n) is 7.31. The number of nitrogens with zero attached hydrogens (tertiary/aromatic N) is 3. The summed E-state index contributed by atoms with van der Waals surface area (Å²) in [4.78, 5) is 6.75. The van der Waals surface area contributed by atoms with Crippen LogP contribution in [0.4, 0.5) is 0 Å². The number of likely N-dealkylation sites (tertiary alicyclic amines) is 1. The molecule has 1 heterocycles. The predicted molar refractivity (Wildman–Crippen MR) is 128 cm³/mol. The lowest BCUT2D eigenvalue weighted by Gasteiger charge is -2.39. The number of nitrogens with one attached hydrogen (secondary N) is 1. The molecule has 1 fully saturated rings. The molecule has 160 valence electrons. The smallest absolute Gasteiger partial charge is 0.211 e. The molecule has 1 saturated heterocycles. The Morgan fingerprint density at radius 3 is 2.54 bits per heavy atom.